The molecule has 1 amide bonds. The van der Waals surface area contributed by atoms with Crippen LogP contribution >= 0.6 is 0 Å². The minimum atomic E-state index is -1.37. The van der Waals surface area contributed by atoms with Crippen LogP contribution < -0.4 is 5.32 Å². The van der Waals surface area contributed by atoms with Gasteiger partial charge in [-0.3, -0.25) is 4.79 Å². The van der Waals surface area contributed by atoms with Crippen LogP contribution in [0.1, 0.15) is 48.8 Å². The van der Waals surface area contributed by atoms with Gasteiger partial charge in [0.15, 0.2) is 0 Å². The summed E-state index contributed by atoms with van der Waals surface area (Å²) in [5.74, 6) is -1.49. The van der Waals surface area contributed by atoms with Crippen molar-refractivity contribution in [3.05, 3.63) is 47.3 Å². The third-order valence-electron chi connectivity index (χ3n) is 6.05. The fourth-order valence-electron chi connectivity index (χ4n) is 3.97. The van der Waals surface area contributed by atoms with Crippen molar-refractivity contribution in [1.82, 2.24) is 15.1 Å². The molecule has 28 heavy (non-hydrogen) atoms. The summed E-state index contributed by atoms with van der Waals surface area (Å²) in [6.07, 6.45) is 1.50. The van der Waals surface area contributed by atoms with Gasteiger partial charge in [0.1, 0.15) is 5.54 Å². The molecule has 0 aliphatic heterocycles. The Labute approximate surface area is 164 Å². The second-order valence-electron chi connectivity index (χ2n) is 7.88. The van der Waals surface area contributed by atoms with Gasteiger partial charge in [0.05, 0.1) is 29.2 Å². The zero-order valence-corrected chi connectivity index (χ0v) is 16.9. The Balaban J connectivity index is 1.89. The van der Waals surface area contributed by atoms with Gasteiger partial charge in [0.2, 0.25) is 0 Å². The molecule has 2 atom stereocenters. The standard InChI is InChI=1S/C21H27N3O4/c1-6-28-17-11-21(19(26)27,20(17,4)5)23-18(25)15-12-22-24(14(15)3)16-10-8-7-9-13(16)2/h7-10,12,17H,6,11H2,1-5H3,(H,23,25)(H,26,27). The molecule has 1 saturated carbocycles. The SMILES string of the molecule is CCOC1CC(NC(=O)c2cnn(-c3ccccc3C)c2C)(C(=O)O)C1(C)C. The number of carbonyl (C=O) groups is 2. The van der Waals surface area contributed by atoms with Crippen LogP contribution in [-0.4, -0.2) is 45.0 Å². The minimum absolute atomic E-state index is 0.218. The summed E-state index contributed by atoms with van der Waals surface area (Å²) in [6.45, 7) is 9.78. The number of benzene rings is 1. The molecular weight excluding hydrogens is 358 g/mol. The van der Waals surface area contributed by atoms with Gasteiger partial charge in [-0.25, -0.2) is 9.48 Å². The fourth-order valence-corrected chi connectivity index (χ4v) is 3.97. The Morgan fingerprint density at radius 2 is 2.00 bits per heavy atom. The Hall–Kier alpha value is -2.67. The van der Waals surface area contributed by atoms with Crippen LogP contribution in [0.25, 0.3) is 5.69 Å². The lowest BCUT2D eigenvalue weighted by Crippen LogP contribution is -2.76. The van der Waals surface area contributed by atoms with E-state index in [1.165, 1.54) is 6.20 Å². The molecule has 2 N–H and O–H groups in total. The van der Waals surface area contributed by atoms with Crippen LogP contribution in [0.5, 0.6) is 0 Å². The number of rotatable bonds is 6. The van der Waals surface area contributed by atoms with Crippen LogP contribution in [0, 0.1) is 19.3 Å². The quantitative estimate of drug-likeness (QED) is 0.797. The lowest BCUT2D eigenvalue weighted by Gasteiger charge is -2.58. The van der Waals surface area contributed by atoms with E-state index in [0.29, 0.717) is 17.9 Å². The summed E-state index contributed by atoms with van der Waals surface area (Å²) >= 11 is 0. The van der Waals surface area contributed by atoms with Crippen molar-refractivity contribution >= 4 is 11.9 Å². The first-order chi connectivity index (χ1) is 13.2. The Kier molecular flexibility index (Phi) is 5.06. The van der Waals surface area contributed by atoms with Crippen LogP contribution in [0.3, 0.4) is 0 Å². The number of ether oxygens (including phenoxy) is 1. The summed E-state index contributed by atoms with van der Waals surface area (Å²) in [5.41, 5.74) is 0.825. The highest BCUT2D eigenvalue weighted by atomic mass is 16.5. The molecule has 1 aromatic carbocycles. The van der Waals surface area contributed by atoms with Crippen molar-refractivity contribution in [2.45, 2.75) is 52.7 Å². The number of carbonyl (C=O) groups excluding carboxylic acids is 1. The van der Waals surface area contributed by atoms with Gasteiger partial charge in [-0.05, 0) is 32.4 Å². The summed E-state index contributed by atoms with van der Waals surface area (Å²) in [5, 5.41) is 17.0. The maximum atomic E-state index is 13.0. The number of para-hydroxylation sites is 1. The number of amides is 1. The van der Waals surface area contributed by atoms with Crippen molar-refractivity contribution in [3.8, 4) is 5.69 Å². The summed E-state index contributed by atoms with van der Waals surface area (Å²) in [6, 6.07) is 7.75. The minimum Gasteiger partial charge on any atom is -0.479 e. The number of carboxylic acid groups (broad SMARTS) is 1. The molecule has 0 spiro atoms. The zero-order chi connectivity index (χ0) is 20.7. The fraction of sp³-hybridized carbons (Fsp3) is 0.476. The number of carboxylic acids is 1. The smallest absolute Gasteiger partial charge is 0.330 e. The predicted octanol–water partition coefficient (Wildman–Crippen LogP) is 2.88. The van der Waals surface area contributed by atoms with Crippen molar-refractivity contribution in [2.24, 2.45) is 5.41 Å². The van der Waals surface area contributed by atoms with E-state index in [1.807, 2.05) is 52.0 Å². The van der Waals surface area contributed by atoms with Gasteiger partial charge >= 0.3 is 5.97 Å². The van der Waals surface area contributed by atoms with Gasteiger partial charge in [-0.15, -0.1) is 0 Å². The van der Waals surface area contributed by atoms with Gasteiger partial charge < -0.3 is 15.2 Å². The second-order valence-corrected chi connectivity index (χ2v) is 7.88. The molecule has 1 aliphatic rings. The Morgan fingerprint density at radius 1 is 1.32 bits per heavy atom. The van der Waals surface area contributed by atoms with Gasteiger partial charge in [0.25, 0.3) is 5.91 Å². The van der Waals surface area contributed by atoms with Crippen molar-refractivity contribution in [1.29, 1.82) is 0 Å². The number of nitrogens with zero attached hydrogens (tertiary/aromatic N) is 2. The van der Waals surface area contributed by atoms with Crippen LogP contribution in [0.2, 0.25) is 0 Å². The first-order valence-electron chi connectivity index (χ1n) is 9.44. The number of aliphatic carboxylic acids is 1. The van der Waals surface area contributed by atoms with E-state index in [-0.39, 0.29) is 12.5 Å². The highest BCUT2D eigenvalue weighted by molar-refractivity contribution is 5.99. The first kappa shape index (κ1) is 20.1. The van der Waals surface area contributed by atoms with E-state index in [0.717, 1.165) is 11.3 Å². The Morgan fingerprint density at radius 3 is 2.57 bits per heavy atom. The first-order valence-corrected chi connectivity index (χ1v) is 9.44. The number of hydrogen-bond acceptors (Lipinski definition) is 4. The molecule has 1 aliphatic carbocycles. The molecule has 150 valence electrons. The van der Waals surface area contributed by atoms with Gasteiger partial charge in [-0.2, -0.15) is 5.10 Å². The molecule has 7 heteroatoms. The normalized spacial score (nSPS) is 23.1. The molecule has 1 fully saturated rings. The van der Waals surface area contributed by atoms with E-state index in [1.54, 1.807) is 11.6 Å². The lowest BCUT2D eigenvalue weighted by molar-refractivity contribution is -0.190. The average molecular weight is 385 g/mol. The third-order valence-corrected chi connectivity index (χ3v) is 6.05. The molecule has 3 rings (SSSR count). The maximum Gasteiger partial charge on any atom is 0.330 e. The van der Waals surface area contributed by atoms with E-state index >= 15 is 0 Å². The summed E-state index contributed by atoms with van der Waals surface area (Å²) in [7, 11) is 0. The highest BCUT2D eigenvalue weighted by Gasteiger charge is 2.66. The molecule has 1 heterocycles. The van der Waals surface area contributed by atoms with E-state index in [9.17, 15) is 14.7 Å². The molecule has 1 aromatic heterocycles. The summed E-state index contributed by atoms with van der Waals surface area (Å²) in [4.78, 5) is 25.1. The molecule has 0 saturated heterocycles. The van der Waals surface area contributed by atoms with E-state index in [4.69, 9.17) is 4.74 Å². The zero-order valence-electron chi connectivity index (χ0n) is 16.9. The number of nitrogens with one attached hydrogen (secondary N) is 1. The largest absolute Gasteiger partial charge is 0.479 e. The lowest BCUT2D eigenvalue weighted by atomic mass is 9.54. The molecular formula is C21H27N3O4. The van der Waals surface area contributed by atoms with Crippen LogP contribution in [0.4, 0.5) is 0 Å². The van der Waals surface area contributed by atoms with Crippen molar-refractivity contribution < 1.29 is 19.4 Å². The average Bonchev–Trinajstić information content (AvgIpc) is 3.02. The van der Waals surface area contributed by atoms with Crippen LogP contribution in [0.15, 0.2) is 30.5 Å². The second kappa shape index (κ2) is 7.05. The monoisotopic (exact) mass is 385 g/mol. The van der Waals surface area contributed by atoms with Gasteiger partial charge in [0, 0.05) is 18.4 Å². The molecule has 2 unspecified atom stereocenters. The number of aryl methyl sites for hydroxylation is 1. The number of hydrogen-bond donors (Lipinski definition) is 2. The molecule has 2 aromatic rings. The molecule has 0 bridgehead atoms. The van der Waals surface area contributed by atoms with Crippen LogP contribution in [-0.2, 0) is 9.53 Å². The molecule has 0 radical (unpaired) electrons. The molecule has 7 nitrogen and oxygen atoms in total. The summed E-state index contributed by atoms with van der Waals surface area (Å²) < 4.78 is 7.35. The van der Waals surface area contributed by atoms with E-state index in [2.05, 4.69) is 10.4 Å². The third kappa shape index (κ3) is 2.90. The Bertz CT molecular complexity index is 918. The number of aromatic nitrogens is 2. The van der Waals surface area contributed by atoms with Crippen molar-refractivity contribution in [3.63, 3.8) is 0 Å². The predicted molar refractivity (Wildman–Crippen MR) is 105 cm³/mol. The van der Waals surface area contributed by atoms with Gasteiger partial charge in [-0.1, -0.05) is 32.0 Å². The van der Waals surface area contributed by atoms with Crippen molar-refractivity contribution in [2.75, 3.05) is 6.61 Å². The maximum absolute atomic E-state index is 13.0. The van der Waals surface area contributed by atoms with E-state index < -0.39 is 22.8 Å². The topological polar surface area (TPSA) is 93.5 Å². The highest BCUT2D eigenvalue weighted by Crippen LogP contribution is 2.51.